The first-order valence-corrected chi connectivity index (χ1v) is 11.1. The van der Waals surface area contributed by atoms with Crippen molar-refractivity contribution in [3.63, 3.8) is 0 Å². The Balaban J connectivity index is 1.16. The molecule has 0 unspecified atom stereocenters. The van der Waals surface area contributed by atoms with E-state index in [-0.39, 0.29) is 35.5 Å². The van der Waals surface area contributed by atoms with Crippen LogP contribution in [-0.2, 0) is 16.2 Å². The molecule has 2 aromatic rings. The van der Waals surface area contributed by atoms with Crippen molar-refractivity contribution in [2.45, 2.75) is 13.0 Å². The van der Waals surface area contributed by atoms with E-state index in [4.69, 9.17) is 16.3 Å². The molecule has 5 nitrogen and oxygen atoms in total. The summed E-state index contributed by atoms with van der Waals surface area (Å²) in [6.45, 7) is 0.419. The number of nitrogens with zero attached hydrogens (tertiary/aromatic N) is 2. The summed E-state index contributed by atoms with van der Waals surface area (Å²) in [6.07, 6.45) is 7.06. The summed E-state index contributed by atoms with van der Waals surface area (Å²) in [4.78, 5) is 26.0. The second-order valence-electron chi connectivity index (χ2n) is 8.88. The Morgan fingerprint density at radius 1 is 1.00 bits per heavy atom. The number of rotatable bonds is 5. The third kappa shape index (κ3) is 3.10. The van der Waals surface area contributed by atoms with E-state index < -0.39 is 0 Å². The number of halogens is 1. The lowest BCUT2D eigenvalue weighted by Crippen LogP contribution is -2.40. The molecular weight excluding hydrogens is 412 g/mol. The van der Waals surface area contributed by atoms with E-state index in [1.807, 2.05) is 48.5 Å². The lowest BCUT2D eigenvalue weighted by molar-refractivity contribution is -0.140. The molecule has 6 heteroatoms. The van der Waals surface area contributed by atoms with Crippen molar-refractivity contribution in [2.24, 2.45) is 40.6 Å². The van der Waals surface area contributed by atoms with Gasteiger partial charge in [-0.1, -0.05) is 48.0 Å². The largest absolute Gasteiger partial charge is 0.489 e. The lowest BCUT2D eigenvalue weighted by Gasteiger charge is -2.37. The van der Waals surface area contributed by atoms with Crippen LogP contribution in [-0.4, -0.2) is 23.0 Å². The molecule has 0 aromatic heterocycles. The van der Waals surface area contributed by atoms with Gasteiger partial charge in [-0.2, -0.15) is 10.1 Å². The first-order chi connectivity index (χ1) is 15.1. The van der Waals surface area contributed by atoms with Gasteiger partial charge in [-0.25, -0.2) is 0 Å². The van der Waals surface area contributed by atoms with Gasteiger partial charge in [-0.15, -0.1) is 0 Å². The second kappa shape index (κ2) is 7.06. The van der Waals surface area contributed by atoms with Gasteiger partial charge in [0.1, 0.15) is 12.4 Å². The number of amides is 2. The van der Waals surface area contributed by atoms with E-state index in [0.29, 0.717) is 29.2 Å². The molecular formula is C25H21ClN2O3. The highest BCUT2D eigenvalue weighted by Crippen LogP contribution is 2.65. The fourth-order valence-corrected chi connectivity index (χ4v) is 5.74. The average Bonchev–Trinajstić information content (AvgIpc) is 3.57. The van der Waals surface area contributed by atoms with Crippen LogP contribution in [0.15, 0.2) is 65.8 Å². The predicted molar refractivity (Wildman–Crippen MR) is 116 cm³/mol. The normalized spacial score (nSPS) is 32.5. The molecule has 4 aliphatic carbocycles. The minimum atomic E-state index is -0.225. The maximum Gasteiger partial charge on any atom is 0.254 e. The van der Waals surface area contributed by atoms with E-state index in [2.05, 4.69) is 17.3 Å². The van der Waals surface area contributed by atoms with E-state index >= 15 is 0 Å². The van der Waals surface area contributed by atoms with Gasteiger partial charge in [0.15, 0.2) is 0 Å². The molecule has 2 bridgehead atoms. The molecule has 2 amide bonds. The van der Waals surface area contributed by atoms with Crippen LogP contribution in [0, 0.1) is 35.5 Å². The van der Waals surface area contributed by atoms with Gasteiger partial charge in [-0.3, -0.25) is 9.59 Å². The Labute approximate surface area is 185 Å². The van der Waals surface area contributed by atoms with Gasteiger partial charge in [0.05, 0.1) is 18.1 Å². The maximum absolute atomic E-state index is 13.0. The number of hydrogen-bond acceptors (Lipinski definition) is 4. The Morgan fingerprint density at radius 2 is 1.68 bits per heavy atom. The molecule has 0 spiro atoms. The molecule has 0 radical (unpaired) electrons. The first kappa shape index (κ1) is 18.8. The second-order valence-corrected chi connectivity index (χ2v) is 9.31. The van der Waals surface area contributed by atoms with Crippen LogP contribution in [0.4, 0.5) is 0 Å². The van der Waals surface area contributed by atoms with Gasteiger partial charge in [0.2, 0.25) is 0 Å². The van der Waals surface area contributed by atoms with Gasteiger partial charge in [-0.05, 0) is 65.5 Å². The number of hydrogen-bond donors (Lipinski definition) is 0. The average molecular weight is 433 g/mol. The van der Waals surface area contributed by atoms with Crippen molar-refractivity contribution < 1.29 is 14.3 Å². The number of carbonyl (C=O) groups is 2. The summed E-state index contributed by atoms with van der Waals surface area (Å²) in [6, 6.07) is 14.9. The Hall–Kier alpha value is -2.92. The SMILES string of the molecule is O=C1[C@@H]2[C@H]3C=C[C@@H]([C@@H]4C[C@@H]34)[C@H]2C(=O)N1/N=C\c1cccc(OCc2ccc(Cl)cc2)c1. The fourth-order valence-electron chi connectivity index (χ4n) is 5.61. The summed E-state index contributed by atoms with van der Waals surface area (Å²) in [7, 11) is 0. The quantitative estimate of drug-likeness (QED) is 0.402. The minimum absolute atomic E-state index is 0.147. The summed E-state index contributed by atoms with van der Waals surface area (Å²) >= 11 is 5.92. The molecule has 156 valence electrons. The lowest BCUT2D eigenvalue weighted by atomic mass is 9.63. The number of carbonyl (C=O) groups excluding carboxylic acids is 2. The first-order valence-electron chi connectivity index (χ1n) is 10.7. The number of imide groups is 1. The highest BCUT2D eigenvalue weighted by Gasteiger charge is 2.67. The molecule has 7 rings (SSSR count). The molecule has 1 heterocycles. The Kier molecular flexibility index (Phi) is 4.29. The van der Waals surface area contributed by atoms with Crippen molar-refractivity contribution in [3.05, 3.63) is 76.8 Å². The summed E-state index contributed by atoms with van der Waals surface area (Å²) in [5.74, 6) is 1.54. The smallest absolute Gasteiger partial charge is 0.254 e. The van der Waals surface area contributed by atoms with Crippen LogP contribution >= 0.6 is 11.6 Å². The van der Waals surface area contributed by atoms with Crippen molar-refractivity contribution in [2.75, 3.05) is 0 Å². The zero-order chi connectivity index (χ0) is 21.1. The predicted octanol–water partition coefficient (Wildman–Crippen LogP) is 4.31. The number of hydrazone groups is 1. The van der Waals surface area contributed by atoms with Crippen LogP contribution in [0.2, 0.25) is 5.02 Å². The van der Waals surface area contributed by atoms with Gasteiger partial charge < -0.3 is 4.74 Å². The number of benzene rings is 2. The van der Waals surface area contributed by atoms with Crippen molar-refractivity contribution in [1.82, 2.24) is 5.01 Å². The van der Waals surface area contributed by atoms with Crippen LogP contribution in [0.3, 0.4) is 0 Å². The molecule has 1 aliphatic heterocycles. The third-order valence-electron chi connectivity index (χ3n) is 7.14. The molecule has 6 atom stereocenters. The summed E-state index contributed by atoms with van der Waals surface area (Å²) in [5.41, 5.74) is 1.79. The van der Waals surface area contributed by atoms with Gasteiger partial charge >= 0.3 is 0 Å². The Bertz CT molecular complexity index is 1090. The van der Waals surface area contributed by atoms with Gasteiger partial charge in [0, 0.05) is 5.02 Å². The fraction of sp³-hybridized carbons (Fsp3) is 0.320. The summed E-state index contributed by atoms with van der Waals surface area (Å²) < 4.78 is 5.86. The highest BCUT2D eigenvalue weighted by molar-refractivity contribution is 6.30. The Morgan fingerprint density at radius 3 is 2.35 bits per heavy atom. The van der Waals surface area contributed by atoms with Crippen LogP contribution in [0.5, 0.6) is 5.75 Å². The van der Waals surface area contributed by atoms with Crippen LogP contribution in [0.1, 0.15) is 17.5 Å². The van der Waals surface area contributed by atoms with Gasteiger partial charge in [0.25, 0.3) is 11.8 Å². The monoisotopic (exact) mass is 432 g/mol. The zero-order valence-corrected chi connectivity index (χ0v) is 17.5. The molecule has 5 aliphatic rings. The molecule has 3 fully saturated rings. The molecule has 2 aromatic carbocycles. The molecule has 1 saturated heterocycles. The van der Waals surface area contributed by atoms with E-state index in [1.54, 1.807) is 6.21 Å². The topological polar surface area (TPSA) is 59.0 Å². The van der Waals surface area contributed by atoms with E-state index in [9.17, 15) is 9.59 Å². The summed E-state index contributed by atoms with van der Waals surface area (Å²) in [5, 5.41) is 6.09. The molecule has 31 heavy (non-hydrogen) atoms. The van der Waals surface area contributed by atoms with Crippen LogP contribution < -0.4 is 4.74 Å². The minimum Gasteiger partial charge on any atom is -0.489 e. The van der Waals surface area contributed by atoms with Crippen molar-refractivity contribution >= 4 is 29.6 Å². The third-order valence-corrected chi connectivity index (χ3v) is 7.39. The standard InChI is InChI=1S/C25H21ClN2O3/c26-16-6-4-14(5-7-16)13-31-17-3-1-2-15(10-17)12-27-28-24(29)22-18-8-9-19(21-11-20(18)21)23(22)25(28)30/h1-10,12,18-23H,11,13H2/b27-12-/t18-,19-,20-,21-,22+,23+/m0/s1. The highest BCUT2D eigenvalue weighted by atomic mass is 35.5. The van der Waals surface area contributed by atoms with Crippen molar-refractivity contribution in [1.29, 1.82) is 0 Å². The van der Waals surface area contributed by atoms with Crippen molar-refractivity contribution in [3.8, 4) is 5.75 Å². The molecule has 2 saturated carbocycles. The zero-order valence-electron chi connectivity index (χ0n) is 16.7. The number of ether oxygens (including phenoxy) is 1. The number of allylic oxidation sites excluding steroid dienone is 2. The van der Waals surface area contributed by atoms with E-state index in [0.717, 1.165) is 22.6 Å². The molecule has 0 N–H and O–H groups in total. The maximum atomic E-state index is 13.0. The van der Waals surface area contributed by atoms with E-state index in [1.165, 1.54) is 0 Å². The van der Waals surface area contributed by atoms with Crippen LogP contribution in [0.25, 0.3) is 0 Å².